The molecule has 4 aliphatic rings. The maximum absolute atomic E-state index is 14.2. The molecule has 6 heteroatoms. The third-order valence-corrected chi connectivity index (χ3v) is 10.9. The normalized spacial score (nSPS) is 27.7. The van der Waals surface area contributed by atoms with Gasteiger partial charge in [-0.2, -0.15) is 0 Å². The molecule has 1 atom stereocenters. The minimum atomic E-state index is -0.267. The second-order valence-corrected chi connectivity index (χ2v) is 13.9. The molecule has 1 saturated heterocycles. The zero-order chi connectivity index (χ0) is 30.6. The number of ether oxygens (including phenoxy) is 1. The summed E-state index contributed by atoms with van der Waals surface area (Å²) in [7, 11) is 1.79. The fourth-order valence-corrected chi connectivity index (χ4v) is 8.14. The number of amides is 1. The van der Waals surface area contributed by atoms with Crippen molar-refractivity contribution in [1.29, 1.82) is 0 Å². The van der Waals surface area contributed by atoms with E-state index in [4.69, 9.17) is 9.72 Å². The van der Waals surface area contributed by atoms with Crippen LogP contribution in [0.25, 0.3) is 11.1 Å². The van der Waals surface area contributed by atoms with Crippen LogP contribution in [-0.2, 0) is 9.53 Å². The average molecular weight is 598 g/mol. The minimum Gasteiger partial charge on any atom is -0.501 e. The lowest BCUT2D eigenvalue weighted by Crippen LogP contribution is -2.42. The summed E-state index contributed by atoms with van der Waals surface area (Å²) in [4.78, 5) is 23.4. The Balaban J connectivity index is 1.19. The number of allylic oxidation sites excluding steroid dienone is 4. The van der Waals surface area contributed by atoms with Crippen LogP contribution in [0.2, 0.25) is 0 Å². The van der Waals surface area contributed by atoms with Gasteiger partial charge in [-0.15, -0.1) is 0 Å². The van der Waals surface area contributed by atoms with Crippen molar-refractivity contribution in [2.24, 2.45) is 23.7 Å². The number of aromatic nitrogens is 1. The zero-order valence-electron chi connectivity index (χ0n) is 27.0. The van der Waals surface area contributed by atoms with Crippen LogP contribution < -0.4 is 9.80 Å². The monoisotopic (exact) mass is 597 g/mol. The number of benzene rings is 1. The third-order valence-electron chi connectivity index (χ3n) is 10.9. The van der Waals surface area contributed by atoms with Crippen LogP contribution in [0.15, 0.2) is 65.6 Å². The molecule has 0 radical (unpaired) electrons. The van der Waals surface area contributed by atoms with Crippen molar-refractivity contribution >= 4 is 17.4 Å². The molecule has 1 amide bonds. The van der Waals surface area contributed by atoms with Crippen LogP contribution in [0.3, 0.4) is 0 Å². The minimum absolute atomic E-state index is 0.0159. The number of pyridine rings is 1. The lowest BCUT2D eigenvalue weighted by Gasteiger charge is -2.37. The molecule has 1 aromatic heterocycles. The molecule has 3 fully saturated rings. The molecule has 2 heterocycles. The lowest BCUT2D eigenvalue weighted by molar-refractivity contribution is -0.124. The Bertz CT molecular complexity index is 1340. The molecule has 0 bridgehead atoms. The first kappa shape index (κ1) is 30.9. The van der Waals surface area contributed by atoms with E-state index >= 15 is 0 Å². The molecular weight excluding hydrogens is 546 g/mol. The van der Waals surface area contributed by atoms with Crippen molar-refractivity contribution in [3.63, 3.8) is 0 Å². The molecule has 2 aromatic rings. The van der Waals surface area contributed by atoms with E-state index in [1.807, 2.05) is 6.20 Å². The Hall–Kier alpha value is -3.12. The van der Waals surface area contributed by atoms with Gasteiger partial charge in [0.25, 0.3) is 0 Å². The van der Waals surface area contributed by atoms with Gasteiger partial charge in [0.2, 0.25) is 5.91 Å². The first-order chi connectivity index (χ1) is 21.4. The number of anilines is 2. The number of carbonyl (C=O) groups excluding carboxylic acids is 1. The molecule has 2 saturated carbocycles. The van der Waals surface area contributed by atoms with Gasteiger partial charge in [-0.05, 0) is 124 Å². The first-order valence-electron chi connectivity index (χ1n) is 17.2. The van der Waals surface area contributed by atoms with Gasteiger partial charge in [-0.3, -0.25) is 4.79 Å². The van der Waals surface area contributed by atoms with E-state index in [1.54, 1.807) is 12.7 Å². The summed E-state index contributed by atoms with van der Waals surface area (Å²) in [6.45, 7) is 7.45. The van der Waals surface area contributed by atoms with Gasteiger partial charge < -0.3 is 19.6 Å². The van der Waals surface area contributed by atoms with Crippen molar-refractivity contribution < 1.29 is 14.6 Å². The standard InChI is InChI=1S/C38H51N3O3/c1-26-22-36(44-3)27(2)21-35(26)29-11-9-28(10-12-29)25-41(38(43)30-13-16-34(42)17-14-30)33-8-6-7-31(23-33)32-15-18-37(39-24-32)40-19-4-5-20-40/h6-8,15,18,21,23-24,26,28-30,34,42H,4-5,9-14,16-17,19-20,22,25H2,1-3H3. The Morgan fingerprint density at radius 2 is 1.75 bits per heavy atom. The predicted octanol–water partition coefficient (Wildman–Crippen LogP) is 7.93. The number of carbonyl (C=O) groups is 1. The Labute approximate surface area is 264 Å². The molecule has 1 aromatic carbocycles. The maximum atomic E-state index is 14.2. The Morgan fingerprint density at radius 1 is 1.00 bits per heavy atom. The Kier molecular flexibility index (Phi) is 9.75. The zero-order valence-corrected chi connectivity index (χ0v) is 27.0. The summed E-state index contributed by atoms with van der Waals surface area (Å²) in [5.41, 5.74) is 6.03. The van der Waals surface area contributed by atoms with E-state index < -0.39 is 0 Å². The molecule has 44 heavy (non-hydrogen) atoms. The van der Waals surface area contributed by atoms with E-state index in [9.17, 15) is 9.90 Å². The van der Waals surface area contributed by atoms with E-state index in [0.717, 1.165) is 93.0 Å². The van der Waals surface area contributed by atoms with Crippen LogP contribution in [-0.4, -0.2) is 48.8 Å². The molecule has 1 aliphatic heterocycles. The van der Waals surface area contributed by atoms with Crippen molar-refractivity contribution in [1.82, 2.24) is 4.98 Å². The Morgan fingerprint density at radius 3 is 2.43 bits per heavy atom. The van der Waals surface area contributed by atoms with Gasteiger partial charge >= 0.3 is 0 Å². The molecule has 236 valence electrons. The topological polar surface area (TPSA) is 65.9 Å². The number of rotatable bonds is 8. The lowest BCUT2D eigenvalue weighted by atomic mass is 9.72. The molecule has 0 spiro atoms. The van der Waals surface area contributed by atoms with E-state index in [-0.39, 0.29) is 17.9 Å². The second kappa shape index (κ2) is 13.9. The van der Waals surface area contributed by atoms with Crippen molar-refractivity contribution in [3.8, 4) is 11.1 Å². The van der Waals surface area contributed by atoms with E-state index in [1.165, 1.54) is 31.3 Å². The number of hydrogen-bond acceptors (Lipinski definition) is 5. The summed E-state index contributed by atoms with van der Waals surface area (Å²) in [5, 5.41) is 10.1. The molecular formula is C38H51N3O3. The smallest absolute Gasteiger partial charge is 0.230 e. The highest BCUT2D eigenvalue weighted by molar-refractivity contribution is 5.95. The molecule has 1 unspecified atom stereocenters. The molecule has 1 N–H and O–H groups in total. The van der Waals surface area contributed by atoms with Crippen molar-refractivity contribution in [2.45, 2.75) is 90.6 Å². The summed E-state index contributed by atoms with van der Waals surface area (Å²) in [6.07, 6.45) is 15.2. The van der Waals surface area contributed by atoms with Crippen LogP contribution in [0.4, 0.5) is 11.5 Å². The summed E-state index contributed by atoms with van der Waals surface area (Å²) in [6, 6.07) is 12.8. The predicted molar refractivity (Wildman–Crippen MR) is 178 cm³/mol. The van der Waals surface area contributed by atoms with Gasteiger partial charge in [-0.1, -0.05) is 30.7 Å². The quantitative estimate of drug-likeness (QED) is 0.335. The number of aliphatic hydroxyl groups excluding tert-OH is 1. The third kappa shape index (κ3) is 6.91. The molecule has 6 nitrogen and oxygen atoms in total. The highest BCUT2D eigenvalue weighted by atomic mass is 16.5. The average Bonchev–Trinajstić information content (AvgIpc) is 3.60. The maximum Gasteiger partial charge on any atom is 0.230 e. The van der Waals surface area contributed by atoms with E-state index in [2.05, 4.69) is 66.1 Å². The number of hydrogen-bond donors (Lipinski definition) is 1. The van der Waals surface area contributed by atoms with Gasteiger partial charge in [0, 0.05) is 49.4 Å². The number of nitrogens with zero attached hydrogens (tertiary/aromatic N) is 3. The van der Waals surface area contributed by atoms with Crippen molar-refractivity contribution in [3.05, 3.63) is 65.6 Å². The highest BCUT2D eigenvalue weighted by Gasteiger charge is 2.34. The van der Waals surface area contributed by atoms with E-state index in [0.29, 0.717) is 17.8 Å². The summed E-state index contributed by atoms with van der Waals surface area (Å²) in [5.74, 6) is 4.03. The van der Waals surface area contributed by atoms with Crippen LogP contribution in [0.1, 0.15) is 84.5 Å². The number of aliphatic hydroxyl groups is 1. The largest absolute Gasteiger partial charge is 0.501 e. The summed E-state index contributed by atoms with van der Waals surface area (Å²) >= 11 is 0. The molecule has 3 aliphatic carbocycles. The highest BCUT2D eigenvalue weighted by Crippen LogP contribution is 2.42. The van der Waals surface area contributed by atoms with Gasteiger partial charge in [0.1, 0.15) is 5.82 Å². The molecule has 6 rings (SSSR count). The number of methoxy groups -OCH3 is 1. The van der Waals surface area contributed by atoms with Gasteiger partial charge in [0.05, 0.1) is 19.0 Å². The first-order valence-corrected chi connectivity index (χ1v) is 17.2. The fraction of sp³-hybridized carbons (Fsp3) is 0.579. The second-order valence-electron chi connectivity index (χ2n) is 13.9. The van der Waals surface area contributed by atoms with Gasteiger partial charge in [0.15, 0.2) is 0 Å². The SMILES string of the molecule is COC1=C(C)C=C(C2CCC(CN(C(=O)C3CCC(O)CC3)c3cccc(-c4ccc(N5CCCC5)nc4)c3)CC2)C(C)C1. The van der Waals surface area contributed by atoms with Crippen molar-refractivity contribution in [2.75, 3.05) is 36.5 Å². The van der Waals surface area contributed by atoms with Gasteiger partial charge in [-0.25, -0.2) is 4.98 Å². The fourth-order valence-electron chi connectivity index (χ4n) is 8.14. The summed E-state index contributed by atoms with van der Waals surface area (Å²) < 4.78 is 5.63. The van der Waals surface area contributed by atoms with Crippen LogP contribution >= 0.6 is 0 Å². The van der Waals surface area contributed by atoms with Crippen LogP contribution in [0, 0.1) is 23.7 Å². The van der Waals surface area contributed by atoms with Crippen LogP contribution in [0.5, 0.6) is 0 Å².